The molecule has 0 bridgehead atoms. The molecule has 2 fully saturated rings. The fourth-order valence-electron chi connectivity index (χ4n) is 4.46. The molecule has 2 saturated carbocycles. The van der Waals surface area contributed by atoms with E-state index in [4.69, 9.17) is 0 Å². The molecule has 0 radical (unpaired) electrons. The van der Waals surface area contributed by atoms with Crippen molar-refractivity contribution in [2.75, 3.05) is 16.0 Å². The van der Waals surface area contributed by atoms with Gasteiger partial charge in [0, 0.05) is 23.0 Å². The molecule has 0 heterocycles. The molecule has 6 nitrogen and oxygen atoms in total. The zero-order valence-electron chi connectivity index (χ0n) is 20.1. The molecule has 0 saturated heterocycles. The van der Waals surface area contributed by atoms with Crippen LogP contribution >= 0.6 is 0 Å². The van der Waals surface area contributed by atoms with Gasteiger partial charge in [0.15, 0.2) is 9.84 Å². The lowest BCUT2D eigenvalue weighted by atomic mass is 9.90. The number of nitrogens with zero attached hydrogens (tertiary/aromatic N) is 1. The fraction of sp³-hybridized carbons (Fsp3) is 0.310. The lowest BCUT2D eigenvalue weighted by molar-refractivity contribution is -0.115. The smallest absolute Gasteiger partial charge is 0.258 e. The highest BCUT2D eigenvalue weighted by atomic mass is 32.2. The maximum atomic E-state index is 13.3. The summed E-state index contributed by atoms with van der Waals surface area (Å²) in [7, 11) is -3.26. The average Bonchev–Trinajstić information content (AvgIpc) is 3.65. The van der Waals surface area contributed by atoms with E-state index in [1.54, 1.807) is 48.5 Å². The van der Waals surface area contributed by atoms with Crippen LogP contribution in [0.15, 0.2) is 83.8 Å². The van der Waals surface area contributed by atoms with E-state index in [0.29, 0.717) is 22.1 Å². The summed E-state index contributed by atoms with van der Waals surface area (Å²) in [4.78, 5) is 28.1. The maximum absolute atomic E-state index is 13.3. The van der Waals surface area contributed by atoms with Gasteiger partial charge in [-0.05, 0) is 92.1 Å². The number of para-hydroxylation sites is 1. The van der Waals surface area contributed by atoms with Crippen molar-refractivity contribution in [3.63, 3.8) is 0 Å². The number of sulfone groups is 1. The van der Waals surface area contributed by atoms with Crippen LogP contribution in [0.3, 0.4) is 0 Å². The highest BCUT2D eigenvalue weighted by Crippen LogP contribution is 2.33. The minimum atomic E-state index is -3.26. The van der Waals surface area contributed by atoms with E-state index >= 15 is 0 Å². The monoisotopic (exact) mass is 502 g/mol. The van der Waals surface area contributed by atoms with Gasteiger partial charge in [-0.25, -0.2) is 8.42 Å². The molecule has 3 aromatic rings. The third-order valence-electron chi connectivity index (χ3n) is 6.91. The zero-order valence-corrected chi connectivity index (χ0v) is 20.9. The predicted octanol–water partition coefficient (Wildman–Crippen LogP) is 5.25. The van der Waals surface area contributed by atoms with Crippen LogP contribution in [0.2, 0.25) is 0 Å². The van der Waals surface area contributed by atoms with E-state index < -0.39 is 9.84 Å². The molecule has 2 aliphatic rings. The van der Waals surface area contributed by atoms with Gasteiger partial charge in [-0.1, -0.05) is 30.3 Å². The second-order valence-corrected chi connectivity index (χ2v) is 11.8. The lowest BCUT2D eigenvalue weighted by Gasteiger charge is -2.37. The third kappa shape index (κ3) is 5.68. The van der Waals surface area contributed by atoms with Crippen molar-refractivity contribution < 1.29 is 18.0 Å². The first-order valence-corrected chi connectivity index (χ1v) is 14.1. The SMILES string of the molecule is O=C(Cc1ccc(S(=O)(=O)CC2CC2)cc1)Nc1ccc(C(=O)N(c2ccccc2)C2CCC2)cc1. The first-order valence-electron chi connectivity index (χ1n) is 12.5. The Morgan fingerprint density at radius 3 is 2.08 bits per heavy atom. The molecule has 2 aliphatic carbocycles. The number of anilines is 2. The number of nitrogens with one attached hydrogen (secondary N) is 1. The normalized spacial score (nSPS) is 15.7. The van der Waals surface area contributed by atoms with Gasteiger partial charge in [0.2, 0.25) is 5.91 Å². The summed E-state index contributed by atoms with van der Waals surface area (Å²) in [6.07, 6.45) is 5.24. The van der Waals surface area contributed by atoms with Crippen molar-refractivity contribution in [2.45, 2.75) is 49.5 Å². The van der Waals surface area contributed by atoms with Crippen LogP contribution in [-0.4, -0.2) is 32.0 Å². The molecule has 3 aromatic carbocycles. The van der Waals surface area contributed by atoms with Crippen LogP contribution in [0.25, 0.3) is 0 Å². The molecule has 186 valence electrons. The number of carbonyl (C=O) groups is 2. The number of rotatable bonds is 9. The number of amides is 2. The Kier molecular flexibility index (Phi) is 6.92. The van der Waals surface area contributed by atoms with Crippen molar-refractivity contribution in [2.24, 2.45) is 5.92 Å². The topological polar surface area (TPSA) is 83.5 Å². The van der Waals surface area contributed by atoms with Crippen LogP contribution in [-0.2, 0) is 21.1 Å². The summed E-state index contributed by atoms with van der Waals surface area (Å²) >= 11 is 0. The van der Waals surface area contributed by atoms with Gasteiger partial charge in [-0.2, -0.15) is 0 Å². The van der Waals surface area contributed by atoms with E-state index in [1.165, 1.54) is 0 Å². The minimum Gasteiger partial charge on any atom is -0.326 e. The van der Waals surface area contributed by atoms with Gasteiger partial charge in [0.25, 0.3) is 5.91 Å². The maximum Gasteiger partial charge on any atom is 0.258 e. The molecule has 2 amide bonds. The highest BCUT2D eigenvalue weighted by molar-refractivity contribution is 7.91. The summed E-state index contributed by atoms with van der Waals surface area (Å²) in [6, 6.07) is 23.5. The average molecular weight is 503 g/mol. The summed E-state index contributed by atoms with van der Waals surface area (Å²) < 4.78 is 24.8. The van der Waals surface area contributed by atoms with Crippen molar-refractivity contribution in [1.29, 1.82) is 0 Å². The molecule has 1 N–H and O–H groups in total. The van der Waals surface area contributed by atoms with Gasteiger partial charge in [-0.15, -0.1) is 0 Å². The summed E-state index contributed by atoms with van der Waals surface area (Å²) in [5.41, 5.74) is 2.82. The second kappa shape index (κ2) is 10.3. The number of hydrogen-bond donors (Lipinski definition) is 1. The quantitative estimate of drug-likeness (QED) is 0.433. The molecule has 0 atom stereocenters. The van der Waals surface area contributed by atoms with Gasteiger partial charge in [0.05, 0.1) is 17.1 Å². The Bertz CT molecular complexity index is 1330. The Hall–Kier alpha value is -3.45. The fourth-order valence-corrected chi connectivity index (χ4v) is 6.16. The van der Waals surface area contributed by atoms with Gasteiger partial charge < -0.3 is 10.2 Å². The summed E-state index contributed by atoms with van der Waals surface area (Å²) in [6.45, 7) is 0. The Balaban J connectivity index is 1.20. The minimum absolute atomic E-state index is 0.0412. The van der Waals surface area contributed by atoms with Gasteiger partial charge in [0.1, 0.15) is 0 Å². The first-order chi connectivity index (χ1) is 17.4. The second-order valence-electron chi connectivity index (χ2n) is 9.77. The van der Waals surface area contributed by atoms with Crippen molar-refractivity contribution >= 4 is 33.0 Å². The third-order valence-corrected chi connectivity index (χ3v) is 8.81. The van der Waals surface area contributed by atoms with Crippen LogP contribution in [0.5, 0.6) is 0 Å². The molecule has 0 aliphatic heterocycles. The summed E-state index contributed by atoms with van der Waals surface area (Å²) in [5, 5.41) is 2.86. The van der Waals surface area contributed by atoms with Crippen molar-refractivity contribution in [3.05, 3.63) is 90.0 Å². The molecular weight excluding hydrogens is 472 g/mol. The number of benzene rings is 3. The number of carbonyl (C=O) groups excluding carboxylic acids is 2. The predicted molar refractivity (Wildman–Crippen MR) is 141 cm³/mol. The largest absolute Gasteiger partial charge is 0.326 e. The molecule has 7 heteroatoms. The van der Waals surface area contributed by atoms with Crippen molar-refractivity contribution in [1.82, 2.24) is 0 Å². The van der Waals surface area contributed by atoms with E-state index in [1.807, 2.05) is 35.2 Å². The Morgan fingerprint density at radius 1 is 0.833 bits per heavy atom. The molecular formula is C29H30N2O4S. The zero-order chi connectivity index (χ0) is 25.1. The van der Waals surface area contributed by atoms with Crippen molar-refractivity contribution in [3.8, 4) is 0 Å². The van der Waals surface area contributed by atoms with Crippen LogP contribution in [0.1, 0.15) is 48.0 Å². The summed E-state index contributed by atoms with van der Waals surface area (Å²) in [5.74, 6) is 0.250. The van der Waals surface area contributed by atoms with E-state index in [9.17, 15) is 18.0 Å². The Labute approximate surface area is 212 Å². The van der Waals surface area contributed by atoms with E-state index in [0.717, 1.165) is 43.4 Å². The standard InChI is InChI=1S/C29H30N2O4S/c32-28(19-21-11-17-27(18-12-21)36(34,35)20-22-9-10-22)30-24-15-13-23(14-16-24)29(33)31(26-7-4-8-26)25-5-2-1-3-6-25/h1-3,5-6,11-18,22,26H,4,7-10,19-20H2,(H,30,32). The Morgan fingerprint density at radius 2 is 1.50 bits per heavy atom. The molecule has 36 heavy (non-hydrogen) atoms. The van der Waals surface area contributed by atoms with Gasteiger partial charge >= 0.3 is 0 Å². The van der Waals surface area contributed by atoms with Gasteiger partial charge in [-0.3, -0.25) is 9.59 Å². The molecule has 0 spiro atoms. The van der Waals surface area contributed by atoms with E-state index in [2.05, 4.69) is 5.32 Å². The van der Waals surface area contributed by atoms with Crippen LogP contribution in [0, 0.1) is 5.92 Å². The number of hydrogen-bond acceptors (Lipinski definition) is 4. The molecule has 0 unspecified atom stereocenters. The molecule has 5 rings (SSSR count). The lowest BCUT2D eigenvalue weighted by Crippen LogP contribution is -2.44. The van der Waals surface area contributed by atoms with Crippen LogP contribution < -0.4 is 10.2 Å². The molecule has 0 aromatic heterocycles. The highest BCUT2D eigenvalue weighted by Gasteiger charge is 2.31. The van der Waals surface area contributed by atoms with E-state index in [-0.39, 0.29) is 30.0 Å². The first kappa shape index (κ1) is 24.3. The van der Waals surface area contributed by atoms with Crippen LogP contribution in [0.4, 0.5) is 11.4 Å².